The molecule has 2 aromatic heterocycles. The van der Waals surface area contributed by atoms with E-state index in [9.17, 15) is 9.59 Å². The normalized spacial score (nSPS) is 12.3. The molecule has 6 nitrogen and oxygen atoms in total. The molecular formula is C12H12N2O4. The molecular weight excluding hydrogens is 236 g/mol. The summed E-state index contributed by atoms with van der Waals surface area (Å²) in [6, 6.07) is 3.89. The van der Waals surface area contributed by atoms with Crippen LogP contribution in [0.5, 0.6) is 0 Å². The fraction of sp³-hybridized carbons (Fsp3) is 0.250. The number of nitrogens with zero attached hydrogens (tertiary/aromatic N) is 2. The molecule has 2 rings (SSSR count). The van der Waals surface area contributed by atoms with Crippen LogP contribution >= 0.6 is 0 Å². The van der Waals surface area contributed by atoms with E-state index in [0.717, 1.165) is 5.56 Å². The van der Waals surface area contributed by atoms with Gasteiger partial charge < -0.3 is 9.52 Å². The van der Waals surface area contributed by atoms with E-state index in [4.69, 9.17) is 9.52 Å². The average molecular weight is 248 g/mol. The van der Waals surface area contributed by atoms with Crippen LogP contribution in [0.15, 0.2) is 33.6 Å². The van der Waals surface area contributed by atoms with Crippen LogP contribution < -0.4 is 5.56 Å². The number of hydrogen-bond acceptors (Lipinski definition) is 4. The molecule has 0 aliphatic carbocycles. The van der Waals surface area contributed by atoms with E-state index in [0.29, 0.717) is 5.76 Å². The van der Waals surface area contributed by atoms with Crippen LogP contribution in [0.1, 0.15) is 34.8 Å². The average Bonchev–Trinajstić information content (AvgIpc) is 2.77. The molecule has 2 heterocycles. The zero-order chi connectivity index (χ0) is 13.3. The molecule has 0 saturated carbocycles. The number of furan rings is 1. The van der Waals surface area contributed by atoms with Gasteiger partial charge in [0.15, 0.2) is 0 Å². The Morgan fingerprint density at radius 2 is 2.22 bits per heavy atom. The van der Waals surface area contributed by atoms with Crippen molar-refractivity contribution in [3.8, 4) is 0 Å². The van der Waals surface area contributed by atoms with Crippen LogP contribution in [-0.4, -0.2) is 20.9 Å². The van der Waals surface area contributed by atoms with Crippen LogP contribution in [0, 0.1) is 6.92 Å². The van der Waals surface area contributed by atoms with Crippen LogP contribution in [0.4, 0.5) is 0 Å². The smallest absolute Gasteiger partial charge is 0.371 e. The molecule has 1 N–H and O–H groups in total. The fourth-order valence-electron chi connectivity index (χ4n) is 1.61. The quantitative estimate of drug-likeness (QED) is 0.888. The molecule has 1 unspecified atom stereocenters. The lowest BCUT2D eigenvalue weighted by Crippen LogP contribution is -2.25. The van der Waals surface area contributed by atoms with Crippen LogP contribution in [0.2, 0.25) is 0 Å². The van der Waals surface area contributed by atoms with E-state index >= 15 is 0 Å². The van der Waals surface area contributed by atoms with Gasteiger partial charge in [-0.3, -0.25) is 4.79 Å². The highest BCUT2D eigenvalue weighted by atomic mass is 16.4. The van der Waals surface area contributed by atoms with Gasteiger partial charge in [0.05, 0.1) is 6.20 Å². The van der Waals surface area contributed by atoms with E-state index in [1.165, 1.54) is 22.9 Å². The Morgan fingerprint density at radius 3 is 2.78 bits per heavy atom. The number of aryl methyl sites for hydroxylation is 1. The first-order valence-electron chi connectivity index (χ1n) is 5.37. The number of hydrogen-bond donors (Lipinski definition) is 1. The third-order valence-corrected chi connectivity index (χ3v) is 2.58. The van der Waals surface area contributed by atoms with E-state index in [1.807, 2.05) is 0 Å². The second-order valence-electron chi connectivity index (χ2n) is 4.00. The molecule has 0 aliphatic heterocycles. The molecule has 6 heteroatoms. The van der Waals surface area contributed by atoms with Gasteiger partial charge in [-0.15, -0.1) is 0 Å². The summed E-state index contributed by atoms with van der Waals surface area (Å²) in [6.07, 6.45) is 1.57. The standard InChI is InChI=1S/C12H12N2O4/c1-7-5-11(15)14(13-6-7)8(2)9-3-4-10(18-9)12(16)17/h3-6,8H,1-2H3,(H,16,17). The largest absolute Gasteiger partial charge is 0.475 e. The third-order valence-electron chi connectivity index (χ3n) is 2.58. The van der Waals surface area contributed by atoms with E-state index in [1.54, 1.807) is 20.0 Å². The Kier molecular flexibility index (Phi) is 3.01. The zero-order valence-corrected chi connectivity index (χ0v) is 9.95. The van der Waals surface area contributed by atoms with Crippen molar-refractivity contribution in [2.75, 3.05) is 0 Å². The summed E-state index contributed by atoms with van der Waals surface area (Å²) in [6.45, 7) is 3.49. The maximum absolute atomic E-state index is 11.7. The molecule has 0 fully saturated rings. The number of carboxylic acid groups (broad SMARTS) is 1. The number of aromatic nitrogens is 2. The number of carboxylic acids is 1. The molecule has 0 bridgehead atoms. The van der Waals surface area contributed by atoms with Crippen LogP contribution in [-0.2, 0) is 0 Å². The number of rotatable bonds is 3. The summed E-state index contributed by atoms with van der Waals surface area (Å²) in [7, 11) is 0. The van der Waals surface area contributed by atoms with Crippen molar-refractivity contribution in [1.29, 1.82) is 0 Å². The topological polar surface area (TPSA) is 85.3 Å². The third kappa shape index (κ3) is 2.17. The summed E-state index contributed by atoms with van der Waals surface area (Å²) < 4.78 is 6.39. The van der Waals surface area contributed by atoms with Gasteiger partial charge >= 0.3 is 5.97 Å². The monoisotopic (exact) mass is 248 g/mol. The Morgan fingerprint density at radius 1 is 1.50 bits per heavy atom. The van der Waals surface area contributed by atoms with Gasteiger partial charge in [-0.05, 0) is 31.5 Å². The van der Waals surface area contributed by atoms with E-state index in [-0.39, 0.29) is 11.3 Å². The molecule has 18 heavy (non-hydrogen) atoms. The van der Waals surface area contributed by atoms with Gasteiger partial charge in [0.2, 0.25) is 5.76 Å². The predicted octanol–water partition coefficient (Wildman–Crippen LogP) is 1.45. The second-order valence-corrected chi connectivity index (χ2v) is 4.00. The lowest BCUT2D eigenvalue weighted by atomic mass is 10.2. The first-order valence-corrected chi connectivity index (χ1v) is 5.37. The molecule has 0 amide bonds. The summed E-state index contributed by atoms with van der Waals surface area (Å²) in [5.41, 5.74) is 0.518. The van der Waals surface area contributed by atoms with Gasteiger partial charge in [-0.1, -0.05) is 0 Å². The van der Waals surface area contributed by atoms with Crippen molar-refractivity contribution in [3.05, 3.63) is 51.8 Å². The minimum absolute atomic E-state index is 0.156. The molecule has 1 atom stereocenters. The minimum Gasteiger partial charge on any atom is -0.475 e. The molecule has 0 aromatic carbocycles. The summed E-state index contributed by atoms with van der Waals surface area (Å²) in [4.78, 5) is 22.4. The Hall–Kier alpha value is -2.37. The lowest BCUT2D eigenvalue weighted by molar-refractivity contribution is 0.0659. The van der Waals surface area contributed by atoms with Crippen molar-refractivity contribution < 1.29 is 14.3 Å². The first-order chi connectivity index (χ1) is 8.49. The summed E-state index contributed by atoms with van der Waals surface area (Å²) in [5.74, 6) is -0.916. The fourth-order valence-corrected chi connectivity index (χ4v) is 1.61. The molecule has 0 saturated heterocycles. The Bertz CT molecular complexity index is 642. The SMILES string of the molecule is Cc1cnn(C(C)c2ccc(C(=O)O)o2)c(=O)c1. The number of aromatic carboxylic acids is 1. The van der Waals surface area contributed by atoms with Gasteiger partial charge in [0, 0.05) is 6.07 Å². The van der Waals surface area contributed by atoms with Gasteiger partial charge in [0.25, 0.3) is 5.56 Å². The Balaban J connectivity index is 2.38. The van der Waals surface area contributed by atoms with E-state index in [2.05, 4.69) is 5.10 Å². The molecule has 0 aliphatic rings. The first kappa shape index (κ1) is 12.1. The second kappa shape index (κ2) is 4.48. The maximum Gasteiger partial charge on any atom is 0.371 e. The predicted molar refractivity (Wildman–Crippen MR) is 62.7 cm³/mol. The highest BCUT2D eigenvalue weighted by Gasteiger charge is 2.17. The van der Waals surface area contributed by atoms with Crippen molar-refractivity contribution in [3.63, 3.8) is 0 Å². The molecule has 2 aromatic rings. The Labute approximate surface area is 102 Å². The van der Waals surface area contributed by atoms with Crippen molar-refractivity contribution in [2.24, 2.45) is 0 Å². The highest BCUT2D eigenvalue weighted by molar-refractivity contribution is 5.84. The van der Waals surface area contributed by atoms with Crippen LogP contribution in [0.25, 0.3) is 0 Å². The van der Waals surface area contributed by atoms with Crippen LogP contribution in [0.3, 0.4) is 0 Å². The van der Waals surface area contributed by atoms with Gasteiger partial charge in [-0.25, -0.2) is 9.48 Å². The molecule has 0 radical (unpaired) electrons. The summed E-state index contributed by atoms with van der Waals surface area (Å²) in [5, 5.41) is 12.8. The van der Waals surface area contributed by atoms with Gasteiger partial charge in [-0.2, -0.15) is 5.10 Å². The lowest BCUT2D eigenvalue weighted by Gasteiger charge is -2.10. The zero-order valence-electron chi connectivity index (χ0n) is 9.95. The highest BCUT2D eigenvalue weighted by Crippen LogP contribution is 2.18. The van der Waals surface area contributed by atoms with E-state index < -0.39 is 12.0 Å². The maximum atomic E-state index is 11.7. The van der Waals surface area contributed by atoms with Gasteiger partial charge in [0.1, 0.15) is 11.8 Å². The molecule has 94 valence electrons. The molecule has 0 spiro atoms. The minimum atomic E-state index is -1.14. The van der Waals surface area contributed by atoms with Crippen molar-refractivity contribution >= 4 is 5.97 Å². The number of carbonyl (C=O) groups is 1. The van der Waals surface area contributed by atoms with Crippen molar-refractivity contribution in [1.82, 2.24) is 9.78 Å². The van der Waals surface area contributed by atoms with Crippen molar-refractivity contribution in [2.45, 2.75) is 19.9 Å². The summed E-state index contributed by atoms with van der Waals surface area (Å²) >= 11 is 0.